The fourth-order valence-electron chi connectivity index (χ4n) is 3.36. The second kappa shape index (κ2) is 9.95. The molecule has 1 saturated heterocycles. The number of para-hydroxylation sites is 1. The zero-order valence-electron chi connectivity index (χ0n) is 17.7. The van der Waals surface area contributed by atoms with E-state index in [4.69, 9.17) is 10.5 Å². The van der Waals surface area contributed by atoms with Crippen molar-refractivity contribution in [3.05, 3.63) is 78.5 Å². The average Bonchev–Trinajstić information content (AvgIpc) is 2.80. The molecule has 0 atom stereocenters. The van der Waals surface area contributed by atoms with Crippen molar-refractivity contribution in [1.82, 2.24) is 9.88 Å². The number of rotatable bonds is 6. The van der Waals surface area contributed by atoms with Gasteiger partial charge in [-0.05, 0) is 42.9 Å². The summed E-state index contributed by atoms with van der Waals surface area (Å²) in [6, 6.07) is 21.4. The highest BCUT2D eigenvalue weighted by Gasteiger charge is 2.14. The van der Waals surface area contributed by atoms with E-state index in [2.05, 4.69) is 44.3 Å². The number of piperazine rings is 1. The van der Waals surface area contributed by atoms with E-state index in [1.54, 1.807) is 0 Å². The molecule has 3 aromatic rings. The Morgan fingerprint density at radius 3 is 2.52 bits per heavy atom. The van der Waals surface area contributed by atoms with E-state index in [1.165, 1.54) is 0 Å². The number of aromatic nitrogens is 1. The normalized spacial score (nSPS) is 15.0. The summed E-state index contributed by atoms with van der Waals surface area (Å²) in [7, 11) is 2.15. The Balaban J connectivity index is 1.32. The molecule has 7 heteroatoms. The van der Waals surface area contributed by atoms with Crippen LogP contribution in [-0.2, 0) is 6.54 Å². The summed E-state index contributed by atoms with van der Waals surface area (Å²) >= 11 is 0. The molecular weight excluding hydrogens is 388 g/mol. The van der Waals surface area contributed by atoms with Gasteiger partial charge >= 0.3 is 0 Å². The zero-order valence-corrected chi connectivity index (χ0v) is 17.7. The van der Waals surface area contributed by atoms with Gasteiger partial charge in [0.15, 0.2) is 5.96 Å². The molecule has 0 spiro atoms. The standard InChI is InChI=1S/C24H28N6O/c1-29-12-14-30(15-13-29)23-11-10-19(17-26-23)18-27-24(25)28-20-6-5-9-22(16-20)31-21-7-3-2-4-8-21/h2-11,16-17H,12-15,18H2,1H3,(H3,25,27,28). The number of ether oxygens (including phenoxy) is 1. The van der Waals surface area contributed by atoms with E-state index in [0.717, 1.165) is 54.7 Å². The van der Waals surface area contributed by atoms with Gasteiger partial charge < -0.3 is 25.6 Å². The maximum absolute atomic E-state index is 6.08. The van der Waals surface area contributed by atoms with E-state index in [1.807, 2.05) is 60.8 Å². The lowest BCUT2D eigenvalue weighted by Gasteiger charge is -2.33. The van der Waals surface area contributed by atoms with Crippen LogP contribution in [0.3, 0.4) is 0 Å². The van der Waals surface area contributed by atoms with E-state index in [9.17, 15) is 0 Å². The van der Waals surface area contributed by atoms with E-state index >= 15 is 0 Å². The van der Waals surface area contributed by atoms with Crippen LogP contribution in [0.2, 0.25) is 0 Å². The van der Waals surface area contributed by atoms with Crippen LogP contribution in [0.25, 0.3) is 0 Å². The molecule has 1 fully saturated rings. The molecule has 1 aliphatic heterocycles. The third-order valence-electron chi connectivity index (χ3n) is 5.15. The highest BCUT2D eigenvalue weighted by molar-refractivity contribution is 5.92. The Labute approximate surface area is 183 Å². The van der Waals surface area contributed by atoms with Crippen molar-refractivity contribution in [2.75, 3.05) is 43.4 Å². The van der Waals surface area contributed by atoms with Crippen molar-refractivity contribution >= 4 is 17.5 Å². The summed E-state index contributed by atoms with van der Waals surface area (Å²) in [5.74, 6) is 2.88. The fourth-order valence-corrected chi connectivity index (χ4v) is 3.36. The minimum Gasteiger partial charge on any atom is -0.457 e. The highest BCUT2D eigenvalue weighted by atomic mass is 16.5. The van der Waals surface area contributed by atoms with E-state index in [-0.39, 0.29) is 0 Å². The minimum atomic E-state index is 0.347. The number of nitrogens with zero attached hydrogens (tertiary/aromatic N) is 4. The predicted octanol–water partition coefficient (Wildman–Crippen LogP) is 3.55. The van der Waals surface area contributed by atoms with Crippen LogP contribution >= 0.6 is 0 Å². The molecule has 160 valence electrons. The molecule has 1 aliphatic rings. The maximum atomic E-state index is 6.08. The number of pyridine rings is 1. The van der Waals surface area contributed by atoms with Gasteiger partial charge in [-0.2, -0.15) is 0 Å². The Morgan fingerprint density at radius 1 is 1.00 bits per heavy atom. The molecule has 0 bridgehead atoms. The van der Waals surface area contributed by atoms with Crippen LogP contribution in [0.1, 0.15) is 5.56 Å². The van der Waals surface area contributed by atoms with Crippen molar-refractivity contribution in [1.29, 1.82) is 0 Å². The van der Waals surface area contributed by atoms with Gasteiger partial charge in [-0.25, -0.2) is 9.98 Å². The Bertz CT molecular complexity index is 998. The number of likely N-dealkylation sites (N-methyl/N-ethyl adjacent to an activating group) is 1. The second-order valence-electron chi connectivity index (χ2n) is 7.58. The van der Waals surface area contributed by atoms with Gasteiger partial charge in [0.25, 0.3) is 0 Å². The molecule has 0 aliphatic carbocycles. The first kappa shape index (κ1) is 20.7. The fraction of sp³-hybridized carbons (Fsp3) is 0.250. The van der Waals surface area contributed by atoms with Gasteiger partial charge in [0.1, 0.15) is 17.3 Å². The molecule has 0 unspecified atom stereocenters. The number of anilines is 2. The quantitative estimate of drug-likeness (QED) is 0.473. The first-order valence-corrected chi connectivity index (χ1v) is 10.4. The van der Waals surface area contributed by atoms with Crippen LogP contribution in [0.5, 0.6) is 11.5 Å². The van der Waals surface area contributed by atoms with Crippen LogP contribution in [-0.4, -0.2) is 49.1 Å². The van der Waals surface area contributed by atoms with Gasteiger partial charge in [0.2, 0.25) is 0 Å². The SMILES string of the molecule is CN1CCN(c2ccc(CN=C(N)Nc3cccc(Oc4ccccc4)c3)cn2)CC1. The molecule has 2 aromatic carbocycles. The smallest absolute Gasteiger partial charge is 0.193 e. The molecule has 0 radical (unpaired) electrons. The Kier molecular flexibility index (Phi) is 6.64. The molecule has 0 saturated carbocycles. The number of nitrogens with one attached hydrogen (secondary N) is 1. The maximum Gasteiger partial charge on any atom is 0.193 e. The summed E-state index contributed by atoms with van der Waals surface area (Å²) in [6.07, 6.45) is 1.87. The van der Waals surface area contributed by atoms with Crippen molar-refractivity contribution < 1.29 is 4.74 Å². The number of aliphatic imine (C=N–C) groups is 1. The summed E-state index contributed by atoms with van der Waals surface area (Å²) < 4.78 is 5.86. The van der Waals surface area contributed by atoms with E-state index in [0.29, 0.717) is 12.5 Å². The van der Waals surface area contributed by atoms with Gasteiger partial charge in [-0.3, -0.25) is 0 Å². The van der Waals surface area contributed by atoms with Crippen LogP contribution in [0, 0.1) is 0 Å². The number of nitrogens with two attached hydrogens (primary N) is 1. The lowest BCUT2D eigenvalue weighted by molar-refractivity contribution is 0.312. The topological polar surface area (TPSA) is 79.0 Å². The molecule has 0 amide bonds. The van der Waals surface area contributed by atoms with Crippen molar-refractivity contribution in [2.24, 2.45) is 10.7 Å². The van der Waals surface area contributed by atoms with Gasteiger partial charge in [0.05, 0.1) is 6.54 Å². The lowest BCUT2D eigenvalue weighted by Crippen LogP contribution is -2.44. The van der Waals surface area contributed by atoms with Gasteiger partial charge in [-0.15, -0.1) is 0 Å². The third kappa shape index (κ3) is 5.96. The number of benzene rings is 2. The van der Waals surface area contributed by atoms with Crippen molar-refractivity contribution in [3.63, 3.8) is 0 Å². The van der Waals surface area contributed by atoms with Gasteiger partial charge in [0, 0.05) is 44.1 Å². The second-order valence-corrected chi connectivity index (χ2v) is 7.58. The molecule has 1 aromatic heterocycles. The predicted molar refractivity (Wildman–Crippen MR) is 126 cm³/mol. The minimum absolute atomic E-state index is 0.347. The zero-order chi connectivity index (χ0) is 21.5. The van der Waals surface area contributed by atoms with Crippen molar-refractivity contribution in [3.8, 4) is 11.5 Å². The monoisotopic (exact) mass is 416 g/mol. The number of hydrogen-bond donors (Lipinski definition) is 2. The largest absolute Gasteiger partial charge is 0.457 e. The molecule has 2 heterocycles. The first-order valence-electron chi connectivity index (χ1n) is 10.4. The molecule has 31 heavy (non-hydrogen) atoms. The van der Waals surface area contributed by atoms with Crippen LogP contribution < -0.4 is 20.7 Å². The lowest BCUT2D eigenvalue weighted by atomic mass is 10.2. The van der Waals surface area contributed by atoms with Crippen LogP contribution in [0.15, 0.2) is 77.9 Å². The Morgan fingerprint density at radius 2 is 1.77 bits per heavy atom. The summed E-state index contributed by atoms with van der Waals surface area (Å²) in [5, 5.41) is 3.12. The summed E-state index contributed by atoms with van der Waals surface area (Å²) in [6.45, 7) is 4.60. The Hall–Kier alpha value is -3.58. The molecular formula is C24H28N6O. The first-order chi connectivity index (χ1) is 15.2. The number of guanidine groups is 1. The highest BCUT2D eigenvalue weighted by Crippen LogP contribution is 2.23. The van der Waals surface area contributed by atoms with Crippen LogP contribution in [0.4, 0.5) is 11.5 Å². The average molecular weight is 417 g/mol. The molecule has 3 N–H and O–H groups in total. The van der Waals surface area contributed by atoms with Gasteiger partial charge in [-0.1, -0.05) is 30.3 Å². The summed E-state index contributed by atoms with van der Waals surface area (Å²) in [4.78, 5) is 13.7. The molecule has 4 rings (SSSR count). The molecule has 7 nitrogen and oxygen atoms in total. The van der Waals surface area contributed by atoms with Crippen molar-refractivity contribution in [2.45, 2.75) is 6.54 Å². The number of hydrogen-bond acceptors (Lipinski definition) is 5. The summed E-state index contributed by atoms with van der Waals surface area (Å²) in [5.41, 5.74) is 7.92. The third-order valence-corrected chi connectivity index (χ3v) is 5.15. The van der Waals surface area contributed by atoms with E-state index < -0.39 is 0 Å².